The van der Waals surface area contributed by atoms with Gasteiger partial charge in [-0.15, -0.1) is 24.8 Å². The highest BCUT2D eigenvalue weighted by atomic mass is 35.5. The lowest BCUT2D eigenvalue weighted by molar-refractivity contribution is -0.135. The van der Waals surface area contributed by atoms with E-state index in [0.29, 0.717) is 5.91 Å². The molecule has 0 aliphatic carbocycles. The Hall–Kier alpha value is -0.0300. The average molecular weight is 352 g/mol. The van der Waals surface area contributed by atoms with Crippen LogP contribution in [0.3, 0.4) is 0 Å². The second-order valence-corrected chi connectivity index (χ2v) is 6.78. The minimum atomic E-state index is 0. The topological polar surface area (TPSA) is 35.6 Å². The molecule has 4 nitrogen and oxygen atoms in total. The van der Waals surface area contributed by atoms with Crippen LogP contribution in [0, 0.1) is 5.92 Å². The van der Waals surface area contributed by atoms with Gasteiger partial charge in [-0.3, -0.25) is 4.79 Å². The maximum Gasteiger partial charge on any atom is 0.239 e. The summed E-state index contributed by atoms with van der Waals surface area (Å²) in [5, 5.41) is 3.39. The van der Waals surface area contributed by atoms with Gasteiger partial charge in [0.1, 0.15) is 0 Å². The molecule has 0 aromatic rings. The predicted octanol–water partition coefficient (Wildman–Crippen LogP) is 2.31. The largest absolute Gasteiger partial charge is 0.341 e. The first-order chi connectivity index (χ1) is 9.83. The van der Waals surface area contributed by atoms with Crippen molar-refractivity contribution < 1.29 is 4.79 Å². The number of halogens is 2. The molecule has 0 spiro atoms. The normalized spacial score (nSPS) is 27.1. The van der Waals surface area contributed by atoms with Crippen LogP contribution in [0.2, 0.25) is 0 Å². The van der Waals surface area contributed by atoms with Crippen molar-refractivity contribution in [3.8, 4) is 0 Å². The van der Waals surface area contributed by atoms with Crippen LogP contribution in [0.1, 0.15) is 44.9 Å². The third-order valence-corrected chi connectivity index (χ3v) is 5.25. The van der Waals surface area contributed by atoms with Crippen LogP contribution in [0.25, 0.3) is 0 Å². The molecule has 1 unspecified atom stereocenters. The lowest BCUT2D eigenvalue weighted by atomic mass is 9.95. The summed E-state index contributed by atoms with van der Waals surface area (Å²) in [4.78, 5) is 17.2. The molecule has 3 saturated heterocycles. The van der Waals surface area contributed by atoms with Crippen molar-refractivity contribution in [2.45, 2.75) is 51.0 Å². The van der Waals surface area contributed by atoms with E-state index in [4.69, 9.17) is 0 Å². The quantitative estimate of drug-likeness (QED) is 0.847. The maximum absolute atomic E-state index is 12.5. The van der Waals surface area contributed by atoms with E-state index in [0.717, 1.165) is 32.0 Å². The number of piperidine rings is 2. The number of nitrogens with zero attached hydrogens (tertiary/aromatic N) is 2. The number of hydrogen-bond donors (Lipinski definition) is 1. The van der Waals surface area contributed by atoms with E-state index in [1.807, 2.05) is 0 Å². The van der Waals surface area contributed by atoms with Crippen molar-refractivity contribution in [3.63, 3.8) is 0 Å². The van der Waals surface area contributed by atoms with Crippen molar-refractivity contribution in [2.75, 3.05) is 39.3 Å². The van der Waals surface area contributed by atoms with Gasteiger partial charge in [0, 0.05) is 19.6 Å². The zero-order chi connectivity index (χ0) is 13.8. The lowest BCUT2D eigenvalue weighted by Gasteiger charge is -2.36. The Morgan fingerprint density at radius 2 is 1.59 bits per heavy atom. The first-order valence-electron chi connectivity index (χ1n) is 8.57. The molecule has 22 heavy (non-hydrogen) atoms. The van der Waals surface area contributed by atoms with E-state index < -0.39 is 0 Å². The van der Waals surface area contributed by atoms with Gasteiger partial charge in [-0.1, -0.05) is 6.42 Å². The molecule has 3 rings (SSSR count). The van der Waals surface area contributed by atoms with E-state index in [-0.39, 0.29) is 30.9 Å². The summed E-state index contributed by atoms with van der Waals surface area (Å²) in [5.74, 6) is 1.18. The second kappa shape index (κ2) is 9.96. The van der Waals surface area contributed by atoms with Gasteiger partial charge < -0.3 is 15.1 Å². The molecule has 130 valence electrons. The highest BCUT2D eigenvalue weighted by Crippen LogP contribution is 2.22. The molecule has 3 heterocycles. The smallest absolute Gasteiger partial charge is 0.239 e. The molecular formula is C16H31Cl2N3O. The van der Waals surface area contributed by atoms with Gasteiger partial charge in [0.2, 0.25) is 5.91 Å². The van der Waals surface area contributed by atoms with E-state index >= 15 is 0 Å². The minimum Gasteiger partial charge on any atom is -0.341 e. The molecular weight excluding hydrogens is 321 g/mol. The maximum atomic E-state index is 12.5. The van der Waals surface area contributed by atoms with Crippen LogP contribution < -0.4 is 5.32 Å². The van der Waals surface area contributed by atoms with Gasteiger partial charge in [-0.25, -0.2) is 0 Å². The van der Waals surface area contributed by atoms with Gasteiger partial charge in [0.25, 0.3) is 0 Å². The Morgan fingerprint density at radius 1 is 0.909 bits per heavy atom. The number of carbonyl (C=O) groups excluding carboxylic acids is 1. The number of hydrogen-bond acceptors (Lipinski definition) is 3. The third-order valence-electron chi connectivity index (χ3n) is 5.25. The van der Waals surface area contributed by atoms with E-state index in [1.165, 1.54) is 58.2 Å². The third kappa shape index (κ3) is 5.26. The second-order valence-electron chi connectivity index (χ2n) is 6.78. The van der Waals surface area contributed by atoms with Crippen molar-refractivity contribution in [2.24, 2.45) is 5.92 Å². The van der Waals surface area contributed by atoms with Crippen molar-refractivity contribution in [3.05, 3.63) is 0 Å². The molecule has 6 heteroatoms. The Kier molecular flexibility index (Phi) is 9.07. The van der Waals surface area contributed by atoms with Crippen LogP contribution in [0.4, 0.5) is 0 Å². The molecule has 3 aliphatic heterocycles. The molecule has 0 aromatic carbocycles. The average Bonchev–Trinajstić information content (AvgIpc) is 3.01. The lowest BCUT2D eigenvalue weighted by Crippen LogP contribution is -2.51. The molecule has 1 atom stereocenters. The highest BCUT2D eigenvalue weighted by molar-refractivity contribution is 5.85. The molecule has 1 amide bonds. The Labute approximate surface area is 147 Å². The van der Waals surface area contributed by atoms with Crippen LogP contribution in [-0.2, 0) is 4.79 Å². The first kappa shape index (κ1) is 20.0. The molecule has 3 fully saturated rings. The summed E-state index contributed by atoms with van der Waals surface area (Å²) >= 11 is 0. The first-order valence-corrected chi connectivity index (χ1v) is 8.57. The van der Waals surface area contributed by atoms with Gasteiger partial charge in [0.05, 0.1) is 6.04 Å². The summed E-state index contributed by atoms with van der Waals surface area (Å²) < 4.78 is 0. The number of carbonyl (C=O) groups is 1. The van der Waals surface area contributed by atoms with Crippen LogP contribution in [-0.4, -0.2) is 61.0 Å². The monoisotopic (exact) mass is 351 g/mol. The summed E-state index contributed by atoms with van der Waals surface area (Å²) in [7, 11) is 0. The van der Waals surface area contributed by atoms with Gasteiger partial charge in [-0.05, 0) is 64.1 Å². The summed E-state index contributed by atoms with van der Waals surface area (Å²) in [6.07, 6.45) is 8.63. The van der Waals surface area contributed by atoms with Crippen molar-refractivity contribution in [1.82, 2.24) is 15.1 Å². The Morgan fingerprint density at radius 3 is 2.18 bits per heavy atom. The van der Waals surface area contributed by atoms with Crippen LogP contribution in [0.5, 0.6) is 0 Å². The zero-order valence-electron chi connectivity index (χ0n) is 13.5. The van der Waals surface area contributed by atoms with E-state index in [1.54, 1.807) is 0 Å². The number of nitrogens with one attached hydrogen (secondary N) is 1. The van der Waals surface area contributed by atoms with Gasteiger partial charge in [0.15, 0.2) is 0 Å². The van der Waals surface area contributed by atoms with Gasteiger partial charge in [-0.2, -0.15) is 0 Å². The number of amides is 1. The fourth-order valence-corrected chi connectivity index (χ4v) is 3.95. The molecule has 3 aliphatic rings. The van der Waals surface area contributed by atoms with Crippen molar-refractivity contribution >= 4 is 30.7 Å². The van der Waals surface area contributed by atoms with E-state index in [2.05, 4.69) is 15.1 Å². The predicted molar refractivity (Wildman–Crippen MR) is 95.1 cm³/mol. The van der Waals surface area contributed by atoms with Crippen LogP contribution in [0.15, 0.2) is 0 Å². The zero-order valence-corrected chi connectivity index (χ0v) is 15.1. The van der Waals surface area contributed by atoms with Crippen LogP contribution >= 0.6 is 24.8 Å². The summed E-state index contributed by atoms with van der Waals surface area (Å²) in [6, 6.07) is 0.110. The summed E-state index contributed by atoms with van der Waals surface area (Å²) in [5.41, 5.74) is 0. The van der Waals surface area contributed by atoms with Crippen molar-refractivity contribution in [1.29, 1.82) is 0 Å². The molecule has 0 radical (unpaired) electrons. The molecule has 1 N–H and O–H groups in total. The Balaban J connectivity index is 0.00000121. The summed E-state index contributed by atoms with van der Waals surface area (Å²) in [6.45, 7) is 6.84. The molecule has 0 saturated carbocycles. The molecule has 0 aromatic heterocycles. The van der Waals surface area contributed by atoms with E-state index in [9.17, 15) is 4.79 Å². The number of rotatable bonds is 3. The Bertz CT molecular complexity index is 323. The minimum absolute atomic E-state index is 0. The van der Waals surface area contributed by atoms with Gasteiger partial charge >= 0.3 is 0 Å². The fourth-order valence-electron chi connectivity index (χ4n) is 3.95. The highest BCUT2D eigenvalue weighted by Gasteiger charge is 2.29. The molecule has 0 bridgehead atoms. The standard InChI is InChI=1S/C16H29N3O.2ClH/c20-16(15-5-1-2-8-17-15)19-11-6-14(7-12-19)13-18-9-3-4-10-18;;/h14-15,17H,1-13H2;2*1H. The SMILES string of the molecule is Cl.Cl.O=C(C1CCCCN1)N1CCC(CN2CCCC2)CC1. The number of likely N-dealkylation sites (tertiary alicyclic amines) is 2. The fraction of sp³-hybridized carbons (Fsp3) is 0.938.